The molecule has 1 aliphatic carbocycles. The number of aromatic hydroxyl groups is 1. The summed E-state index contributed by atoms with van der Waals surface area (Å²) in [6.45, 7) is 0. The van der Waals surface area contributed by atoms with Crippen molar-refractivity contribution in [2.24, 2.45) is 0 Å². The zero-order valence-corrected chi connectivity index (χ0v) is 20.6. The predicted molar refractivity (Wildman–Crippen MR) is 148 cm³/mol. The summed E-state index contributed by atoms with van der Waals surface area (Å²) in [5, 5.41) is 12.3. The van der Waals surface area contributed by atoms with E-state index in [0.717, 1.165) is 46.4 Å². The molecule has 0 saturated heterocycles. The normalized spacial score (nSPS) is 17.4. The molecule has 1 unspecified atom stereocenters. The van der Waals surface area contributed by atoms with Gasteiger partial charge in [-0.2, -0.15) is 0 Å². The lowest BCUT2D eigenvalue weighted by Crippen LogP contribution is -2.34. The molecule has 5 aromatic rings. The van der Waals surface area contributed by atoms with Crippen LogP contribution in [0.5, 0.6) is 17.2 Å². The maximum atomic E-state index is 10.0. The maximum absolute atomic E-state index is 10.0. The van der Waals surface area contributed by atoms with E-state index in [4.69, 9.17) is 9.47 Å². The Balaban J connectivity index is 1.50. The van der Waals surface area contributed by atoms with Crippen LogP contribution >= 0.6 is 0 Å². The molecule has 2 aliphatic rings. The third kappa shape index (κ3) is 3.27. The molecule has 0 radical (unpaired) electrons. The molecule has 5 aromatic carbocycles. The first-order chi connectivity index (χ1) is 18.2. The molecule has 0 amide bonds. The number of phenolic OH excluding ortho intramolecular Hbond substituents is 1. The van der Waals surface area contributed by atoms with Crippen LogP contribution in [-0.4, -0.2) is 12.2 Å². The van der Waals surface area contributed by atoms with Crippen molar-refractivity contribution in [2.75, 3.05) is 7.11 Å². The van der Waals surface area contributed by atoms with Gasteiger partial charge in [-0.25, -0.2) is 0 Å². The molecule has 1 N–H and O–H groups in total. The molecule has 0 aromatic heterocycles. The van der Waals surface area contributed by atoms with Crippen LogP contribution in [0, 0.1) is 0 Å². The van der Waals surface area contributed by atoms with Crippen LogP contribution in [0.1, 0.15) is 27.8 Å². The number of benzene rings is 5. The van der Waals surface area contributed by atoms with Gasteiger partial charge in [-0.05, 0) is 70.8 Å². The molecule has 1 heterocycles. The second-order valence-corrected chi connectivity index (χ2v) is 9.75. The summed E-state index contributed by atoms with van der Waals surface area (Å²) in [4.78, 5) is 0. The second kappa shape index (κ2) is 8.28. The molecule has 3 heteroatoms. The third-order valence-corrected chi connectivity index (χ3v) is 7.81. The molecule has 180 valence electrons. The summed E-state index contributed by atoms with van der Waals surface area (Å²) in [7, 11) is 1.67. The standard InChI is InChI=1S/C34H26O3/c1-36-26-17-13-24(14-18-26)34(23-11-15-25(35)16-12-23)21-20-31-29-19-10-22-6-2-3-7-27(22)32(29)28-8-4-5-9-30(28)33(31)37-34/h2-9,11-18,20-21,35H,10,19H2,1H3. The van der Waals surface area contributed by atoms with E-state index in [0.29, 0.717) is 0 Å². The minimum Gasteiger partial charge on any atom is -0.508 e. The van der Waals surface area contributed by atoms with E-state index in [1.807, 2.05) is 24.3 Å². The lowest BCUT2D eigenvalue weighted by atomic mass is 9.77. The molecule has 3 nitrogen and oxygen atoms in total. The van der Waals surface area contributed by atoms with Crippen LogP contribution in [0.2, 0.25) is 0 Å². The first-order valence-electron chi connectivity index (χ1n) is 12.7. The van der Waals surface area contributed by atoms with E-state index in [1.165, 1.54) is 27.6 Å². The lowest BCUT2D eigenvalue weighted by Gasteiger charge is -2.38. The van der Waals surface area contributed by atoms with Gasteiger partial charge in [-0.15, -0.1) is 0 Å². The summed E-state index contributed by atoms with van der Waals surface area (Å²) in [5.74, 6) is 1.93. The van der Waals surface area contributed by atoms with E-state index in [1.54, 1.807) is 19.2 Å². The molecule has 1 atom stereocenters. The van der Waals surface area contributed by atoms with E-state index in [-0.39, 0.29) is 5.75 Å². The van der Waals surface area contributed by atoms with Gasteiger partial charge in [0.1, 0.15) is 17.2 Å². The van der Waals surface area contributed by atoms with Gasteiger partial charge in [0.25, 0.3) is 0 Å². The Kier molecular flexibility index (Phi) is 4.87. The highest BCUT2D eigenvalue weighted by molar-refractivity contribution is 6.06. The van der Waals surface area contributed by atoms with Crippen molar-refractivity contribution >= 4 is 16.8 Å². The number of ether oxygens (including phenoxy) is 2. The molecular weight excluding hydrogens is 456 g/mol. The number of hydrogen-bond acceptors (Lipinski definition) is 3. The van der Waals surface area contributed by atoms with Gasteiger partial charge in [0.2, 0.25) is 0 Å². The topological polar surface area (TPSA) is 38.7 Å². The average Bonchev–Trinajstić information content (AvgIpc) is 2.97. The average molecular weight is 483 g/mol. The largest absolute Gasteiger partial charge is 0.508 e. The minimum atomic E-state index is -0.851. The van der Waals surface area contributed by atoms with Crippen molar-refractivity contribution in [1.29, 1.82) is 0 Å². The van der Waals surface area contributed by atoms with Crippen LogP contribution in [-0.2, 0) is 18.4 Å². The van der Waals surface area contributed by atoms with Crippen molar-refractivity contribution in [2.45, 2.75) is 18.4 Å². The van der Waals surface area contributed by atoms with Crippen molar-refractivity contribution in [3.63, 3.8) is 0 Å². The highest BCUT2D eigenvalue weighted by Crippen LogP contribution is 2.51. The SMILES string of the molecule is COc1ccc(C2(c3ccc(O)cc3)C=Cc3c4c(c5ccccc5c3O2)-c2ccccc2CC4)cc1. The van der Waals surface area contributed by atoms with Crippen LogP contribution in [0.3, 0.4) is 0 Å². The smallest absolute Gasteiger partial charge is 0.178 e. The summed E-state index contributed by atoms with van der Waals surface area (Å²) >= 11 is 0. The van der Waals surface area contributed by atoms with Gasteiger partial charge in [-0.1, -0.05) is 78.9 Å². The molecule has 1 aliphatic heterocycles. The fraction of sp³-hybridized carbons (Fsp3) is 0.118. The van der Waals surface area contributed by atoms with E-state index in [2.05, 4.69) is 72.8 Å². The fourth-order valence-corrected chi connectivity index (χ4v) is 5.99. The van der Waals surface area contributed by atoms with Crippen LogP contribution in [0.4, 0.5) is 0 Å². The predicted octanol–water partition coefficient (Wildman–Crippen LogP) is 7.67. The monoisotopic (exact) mass is 482 g/mol. The highest BCUT2D eigenvalue weighted by Gasteiger charge is 2.39. The Morgan fingerprint density at radius 1 is 0.757 bits per heavy atom. The third-order valence-electron chi connectivity index (χ3n) is 7.81. The molecule has 37 heavy (non-hydrogen) atoms. The number of aryl methyl sites for hydroxylation is 1. The number of phenols is 1. The Hall–Kier alpha value is -4.50. The summed E-state index contributed by atoms with van der Waals surface area (Å²) in [6.07, 6.45) is 6.40. The van der Waals surface area contributed by atoms with Gasteiger partial charge in [0.15, 0.2) is 5.60 Å². The van der Waals surface area contributed by atoms with Crippen molar-refractivity contribution in [1.82, 2.24) is 0 Å². The maximum Gasteiger partial charge on any atom is 0.178 e. The highest BCUT2D eigenvalue weighted by atomic mass is 16.5. The van der Waals surface area contributed by atoms with Gasteiger partial charge in [0, 0.05) is 22.1 Å². The summed E-state index contributed by atoms with van der Waals surface area (Å²) < 4.78 is 12.6. The summed E-state index contributed by atoms with van der Waals surface area (Å²) in [5.41, 5.74) is 7.64. The van der Waals surface area contributed by atoms with Gasteiger partial charge in [-0.3, -0.25) is 0 Å². The van der Waals surface area contributed by atoms with Crippen LogP contribution < -0.4 is 9.47 Å². The first-order valence-corrected chi connectivity index (χ1v) is 12.7. The Labute approximate surface area is 216 Å². The van der Waals surface area contributed by atoms with Crippen molar-refractivity contribution in [3.05, 3.63) is 131 Å². The first kappa shape index (κ1) is 21.8. The number of methoxy groups -OCH3 is 1. The zero-order chi connectivity index (χ0) is 25.0. The number of hydrogen-bond donors (Lipinski definition) is 1. The molecule has 0 spiro atoms. The zero-order valence-electron chi connectivity index (χ0n) is 20.6. The molecule has 0 saturated carbocycles. The summed E-state index contributed by atoms with van der Waals surface area (Å²) in [6, 6.07) is 32.7. The fourth-order valence-electron chi connectivity index (χ4n) is 5.99. The van der Waals surface area contributed by atoms with Crippen LogP contribution in [0.15, 0.2) is 103 Å². The van der Waals surface area contributed by atoms with Crippen molar-refractivity contribution < 1.29 is 14.6 Å². The van der Waals surface area contributed by atoms with Gasteiger partial charge >= 0.3 is 0 Å². The number of rotatable bonds is 3. The van der Waals surface area contributed by atoms with E-state index in [9.17, 15) is 5.11 Å². The Morgan fingerprint density at radius 2 is 1.43 bits per heavy atom. The molecular formula is C34H26O3. The second-order valence-electron chi connectivity index (χ2n) is 9.75. The Morgan fingerprint density at radius 3 is 2.19 bits per heavy atom. The van der Waals surface area contributed by atoms with Crippen LogP contribution in [0.25, 0.3) is 28.0 Å². The number of fused-ring (bicyclic) bond motifs is 8. The molecule has 0 fully saturated rings. The Bertz CT molecular complexity index is 1680. The quantitative estimate of drug-likeness (QED) is 0.287. The lowest BCUT2D eigenvalue weighted by molar-refractivity contribution is 0.163. The van der Waals surface area contributed by atoms with E-state index >= 15 is 0 Å². The molecule has 0 bridgehead atoms. The molecule has 7 rings (SSSR count). The minimum absolute atomic E-state index is 0.229. The van der Waals surface area contributed by atoms with Crippen molar-refractivity contribution in [3.8, 4) is 28.4 Å². The van der Waals surface area contributed by atoms with Gasteiger partial charge in [0.05, 0.1) is 7.11 Å². The van der Waals surface area contributed by atoms with Gasteiger partial charge < -0.3 is 14.6 Å². The van der Waals surface area contributed by atoms with E-state index < -0.39 is 5.60 Å².